The van der Waals surface area contributed by atoms with Crippen molar-refractivity contribution in [3.63, 3.8) is 0 Å². The summed E-state index contributed by atoms with van der Waals surface area (Å²) in [6, 6.07) is 14.6. The van der Waals surface area contributed by atoms with Crippen LogP contribution in [0.25, 0.3) is 10.9 Å². The van der Waals surface area contributed by atoms with Crippen LogP contribution in [0.2, 0.25) is 5.02 Å². The Kier molecular flexibility index (Phi) is 3.55. The number of hydrogen-bond acceptors (Lipinski definition) is 2. The predicted molar refractivity (Wildman–Crippen MR) is 84.3 cm³/mol. The van der Waals surface area contributed by atoms with Crippen molar-refractivity contribution in [2.45, 2.75) is 0 Å². The maximum Gasteiger partial charge on any atom is 0.195 e. The van der Waals surface area contributed by atoms with Gasteiger partial charge in [0.1, 0.15) is 0 Å². The molecule has 98 valence electrons. The first-order valence-corrected chi connectivity index (χ1v) is 7.17. The second-order valence-electron chi connectivity index (χ2n) is 4.34. The van der Waals surface area contributed by atoms with Crippen LogP contribution < -0.4 is 0 Å². The van der Waals surface area contributed by atoms with Gasteiger partial charge < -0.3 is 0 Å². The number of fused-ring (bicyclic) bond motifs is 1. The smallest absolute Gasteiger partial charge is 0.195 e. The number of hydrogen-bond donors (Lipinski definition) is 0. The van der Waals surface area contributed by atoms with Crippen LogP contribution in [0, 0.1) is 0 Å². The number of ketones is 1. The summed E-state index contributed by atoms with van der Waals surface area (Å²) >= 11 is 9.37. The van der Waals surface area contributed by atoms with E-state index in [1.807, 2.05) is 24.3 Å². The molecule has 0 radical (unpaired) electrons. The molecule has 20 heavy (non-hydrogen) atoms. The van der Waals surface area contributed by atoms with E-state index in [1.54, 1.807) is 30.5 Å². The van der Waals surface area contributed by atoms with Gasteiger partial charge in [-0.3, -0.25) is 9.78 Å². The quantitative estimate of drug-likeness (QED) is 0.619. The highest BCUT2D eigenvalue weighted by molar-refractivity contribution is 9.10. The predicted octanol–water partition coefficient (Wildman–Crippen LogP) is 4.88. The Hall–Kier alpha value is -1.71. The molecule has 0 unspecified atom stereocenters. The minimum Gasteiger partial charge on any atom is -0.289 e. The Morgan fingerprint density at radius 1 is 1.10 bits per heavy atom. The van der Waals surface area contributed by atoms with E-state index in [-0.39, 0.29) is 5.78 Å². The average molecular weight is 347 g/mol. The third kappa shape index (κ3) is 2.35. The van der Waals surface area contributed by atoms with Crippen LogP contribution in [0.4, 0.5) is 0 Å². The molecule has 0 saturated heterocycles. The summed E-state index contributed by atoms with van der Waals surface area (Å²) in [5, 5.41) is 1.46. The highest BCUT2D eigenvalue weighted by Gasteiger charge is 2.14. The summed E-state index contributed by atoms with van der Waals surface area (Å²) in [6.45, 7) is 0. The lowest BCUT2D eigenvalue weighted by molar-refractivity contribution is 0.104. The summed E-state index contributed by atoms with van der Waals surface area (Å²) in [7, 11) is 0. The topological polar surface area (TPSA) is 30.0 Å². The Bertz CT molecular complexity index is 811. The molecule has 1 aromatic heterocycles. The zero-order valence-electron chi connectivity index (χ0n) is 10.3. The monoisotopic (exact) mass is 345 g/mol. The number of nitrogens with zero attached hydrogens (tertiary/aromatic N) is 1. The van der Waals surface area contributed by atoms with Crippen molar-refractivity contribution in [2.24, 2.45) is 0 Å². The average Bonchev–Trinajstić information content (AvgIpc) is 2.49. The maximum atomic E-state index is 12.6. The number of carbonyl (C=O) groups is 1. The number of aromatic nitrogens is 1. The maximum absolute atomic E-state index is 12.6. The van der Waals surface area contributed by atoms with Crippen molar-refractivity contribution >= 4 is 44.2 Å². The van der Waals surface area contributed by atoms with Crippen LogP contribution in [0.3, 0.4) is 0 Å². The van der Waals surface area contributed by atoms with Crippen LogP contribution >= 0.6 is 27.5 Å². The van der Waals surface area contributed by atoms with Gasteiger partial charge in [-0.05, 0) is 46.3 Å². The Balaban J connectivity index is 2.15. The van der Waals surface area contributed by atoms with Gasteiger partial charge in [0.15, 0.2) is 5.78 Å². The number of pyridine rings is 1. The van der Waals surface area contributed by atoms with E-state index in [4.69, 9.17) is 11.6 Å². The fourth-order valence-corrected chi connectivity index (χ4v) is 2.51. The molecule has 0 aliphatic carbocycles. The lowest BCUT2D eigenvalue weighted by atomic mass is 10.0. The molecule has 0 spiro atoms. The van der Waals surface area contributed by atoms with Crippen molar-refractivity contribution in [3.05, 3.63) is 75.4 Å². The Morgan fingerprint density at radius 2 is 1.90 bits per heavy atom. The first-order chi connectivity index (χ1) is 9.66. The standard InChI is InChI=1S/C16H9BrClNO/c17-13-7-6-11(9-14(13)18)16(20)12-5-1-3-10-4-2-8-19-15(10)12/h1-9H. The minimum atomic E-state index is -0.0799. The van der Waals surface area contributed by atoms with E-state index in [0.29, 0.717) is 21.7 Å². The third-order valence-corrected chi connectivity index (χ3v) is 4.29. The highest BCUT2D eigenvalue weighted by atomic mass is 79.9. The summed E-state index contributed by atoms with van der Waals surface area (Å²) in [5.74, 6) is -0.0799. The van der Waals surface area contributed by atoms with Crippen LogP contribution in [-0.4, -0.2) is 10.8 Å². The Morgan fingerprint density at radius 3 is 2.70 bits per heavy atom. The molecule has 0 fully saturated rings. The molecule has 2 aromatic carbocycles. The fourth-order valence-electron chi connectivity index (χ4n) is 2.08. The summed E-state index contributed by atoms with van der Waals surface area (Å²) in [6.07, 6.45) is 1.69. The molecule has 3 aromatic rings. The largest absolute Gasteiger partial charge is 0.289 e. The van der Waals surface area contributed by atoms with Crippen LogP contribution in [0.1, 0.15) is 15.9 Å². The normalized spacial score (nSPS) is 10.7. The van der Waals surface area contributed by atoms with E-state index in [2.05, 4.69) is 20.9 Å². The molecule has 0 aliphatic rings. The lowest BCUT2D eigenvalue weighted by Gasteiger charge is -2.06. The molecule has 2 nitrogen and oxygen atoms in total. The lowest BCUT2D eigenvalue weighted by Crippen LogP contribution is -2.03. The van der Waals surface area contributed by atoms with E-state index < -0.39 is 0 Å². The van der Waals surface area contributed by atoms with Crippen molar-refractivity contribution in [1.82, 2.24) is 4.98 Å². The SMILES string of the molecule is O=C(c1ccc(Br)c(Cl)c1)c1cccc2cccnc12. The summed E-state index contributed by atoms with van der Waals surface area (Å²) in [4.78, 5) is 16.9. The number of halogens is 2. The van der Waals surface area contributed by atoms with Gasteiger partial charge >= 0.3 is 0 Å². The van der Waals surface area contributed by atoms with E-state index in [0.717, 1.165) is 9.86 Å². The van der Waals surface area contributed by atoms with Gasteiger partial charge in [-0.1, -0.05) is 29.8 Å². The molecule has 0 N–H and O–H groups in total. The zero-order chi connectivity index (χ0) is 14.1. The van der Waals surface area contributed by atoms with Gasteiger partial charge in [-0.2, -0.15) is 0 Å². The van der Waals surface area contributed by atoms with E-state index in [1.165, 1.54) is 0 Å². The molecular formula is C16H9BrClNO. The van der Waals surface area contributed by atoms with Crippen molar-refractivity contribution in [2.75, 3.05) is 0 Å². The molecular weight excluding hydrogens is 338 g/mol. The first-order valence-electron chi connectivity index (χ1n) is 6.00. The molecule has 3 rings (SSSR count). The zero-order valence-corrected chi connectivity index (χ0v) is 12.6. The van der Waals surface area contributed by atoms with Crippen LogP contribution in [0.15, 0.2) is 59.2 Å². The van der Waals surface area contributed by atoms with E-state index in [9.17, 15) is 4.79 Å². The summed E-state index contributed by atoms with van der Waals surface area (Å²) < 4.78 is 0.770. The summed E-state index contributed by atoms with van der Waals surface area (Å²) in [5.41, 5.74) is 1.84. The van der Waals surface area contributed by atoms with Gasteiger partial charge in [-0.15, -0.1) is 0 Å². The molecule has 0 amide bonds. The highest BCUT2D eigenvalue weighted by Crippen LogP contribution is 2.26. The molecule has 0 saturated carbocycles. The molecule has 4 heteroatoms. The Labute approximate surface area is 129 Å². The first kappa shape index (κ1) is 13.3. The number of carbonyl (C=O) groups excluding carboxylic acids is 1. The van der Waals surface area contributed by atoms with Gasteiger partial charge in [-0.25, -0.2) is 0 Å². The van der Waals surface area contributed by atoms with Gasteiger partial charge in [0.25, 0.3) is 0 Å². The number of rotatable bonds is 2. The van der Waals surface area contributed by atoms with Crippen molar-refractivity contribution in [1.29, 1.82) is 0 Å². The molecule has 0 bridgehead atoms. The third-order valence-electron chi connectivity index (χ3n) is 3.06. The van der Waals surface area contributed by atoms with E-state index >= 15 is 0 Å². The van der Waals surface area contributed by atoms with Gasteiger partial charge in [0.05, 0.1) is 10.5 Å². The molecule has 0 aliphatic heterocycles. The van der Waals surface area contributed by atoms with Crippen molar-refractivity contribution in [3.8, 4) is 0 Å². The fraction of sp³-hybridized carbons (Fsp3) is 0. The second kappa shape index (κ2) is 5.35. The number of benzene rings is 2. The van der Waals surface area contributed by atoms with Crippen molar-refractivity contribution < 1.29 is 4.79 Å². The van der Waals surface area contributed by atoms with Gasteiger partial charge in [0, 0.05) is 27.2 Å². The van der Waals surface area contributed by atoms with Crippen LogP contribution in [-0.2, 0) is 0 Å². The van der Waals surface area contributed by atoms with Crippen LogP contribution in [0.5, 0.6) is 0 Å². The minimum absolute atomic E-state index is 0.0799. The molecule has 1 heterocycles. The molecule has 0 atom stereocenters. The second-order valence-corrected chi connectivity index (χ2v) is 5.60. The number of para-hydroxylation sites is 1. The van der Waals surface area contributed by atoms with Gasteiger partial charge in [0.2, 0.25) is 0 Å².